The molecule has 0 saturated heterocycles. The Kier molecular flexibility index (Phi) is 1.98. The summed E-state index contributed by atoms with van der Waals surface area (Å²) >= 11 is 0. The van der Waals surface area contributed by atoms with Crippen LogP contribution in [0.2, 0.25) is 0 Å². The number of hydrogen-bond donors (Lipinski definition) is 1. The van der Waals surface area contributed by atoms with Gasteiger partial charge in [0.25, 0.3) is 5.91 Å². The van der Waals surface area contributed by atoms with Crippen molar-refractivity contribution < 1.29 is 13.2 Å². The molecule has 0 fully saturated rings. The lowest BCUT2D eigenvalue weighted by Gasteiger charge is -1.93. The number of carbonyl (C=O) groups is 1. The Morgan fingerprint density at radius 2 is 1.89 bits per heavy atom. The van der Waals surface area contributed by atoms with E-state index < -0.39 is 20.6 Å². The number of nitrogens with two attached hydrogens (primary N) is 1. The predicted octanol–water partition coefficient (Wildman–Crippen LogP) is -0.970. The molecule has 5 heteroatoms. The summed E-state index contributed by atoms with van der Waals surface area (Å²) in [4.78, 5) is 9.54. The Bertz CT molecular complexity index is 239. The third-order valence-corrected chi connectivity index (χ3v) is 1.82. The van der Waals surface area contributed by atoms with Crippen LogP contribution in [0.25, 0.3) is 0 Å². The van der Waals surface area contributed by atoms with Crippen LogP contribution in [-0.4, -0.2) is 20.6 Å². The summed E-state index contributed by atoms with van der Waals surface area (Å²) in [6.45, 7) is 2.96. The van der Waals surface area contributed by atoms with Gasteiger partial charge in [-0.1, -0.05) is 6.58 Å². The van der Waals surface area contributed by atoms with E-state index in [0.29, 0.717) is 0 Å². The molecule has 0 saturated carbocycles. The van der Waals surface area contributed by atoms with Crippen molar-refractivity contribution in [2.24, 2.45) is 5.73 Å². The molecule has 0 aromatic carbocycles. The quantitative estimate of drug-likeness (QED) is 0.513. The summed E-state index contributed by atoms with van der Waals surface area (Å²) in [5.41, 5.74) is 4.60. The summed E-state index contributed by atoms with van der Waals surface area (Å²) in [5, 5.41) is 0. The maximum atomic E-state index is 10.4. The molecule has 0 aliphatic carbocycles. The van der Waals surface area contributed by atoms with Gasteiger partial charge >= 0.3 is 0 Å². The third kappa shape index (κ3) is 2.27. The predicted molar refractivity (Wildman–Crippen MR) is 33.2 cm³/mol. The van der Waals surface area contributed by atoms with E-state index in [9.17, 15) is 13.2 Å². The summed E-state index contributed by atoms with van der Waals surface area (Å²) in [6.07, 6.45) is 0.875. The molecule has 0 unspecified atom stereocenters. The first kappa shape index (κ1) is 8.16. The van der Waals surface area contributed by atoms with E-state index >= 15 is 0 Å². The molecular weight excluding hydrogens is 142 g/mol. The fourth-order valence-corrected chi connectivity index (χ4v) is 0.548. The molecule has 0 bridgehead atoms. The Balaban J connectivity index is 4.66. The van der Waals surface area contributed by atoms with E-state index in [1.54, 1.807) is 0 Å². The van der Waals surface area contributed by atoms with Gasteiger partial charge in [0, 0.05) is 6.26 Å². The number of carbonyl (C=O) groups excluding carboxylic acids is 1. The van der Waals surface area contributed by atoms with Gasteiger partial charge in [0.2, 0.25) is 0 Å². The largest absolute Gasteiger partial charge is 0.365 e. The molecule has 0 aromatic heterocycles. The van der Waals surface area contributed by atoms with Gasteiger partial charge in [-0.05, 0) is 0 Å². The molecule has 9 heavy (non-hydrogen) atoms. The van der Waals surface area contributed by atoms with Gasteiger partial charge in [-0.2, -0.15) is 0 Å². The average Bonchev–Trinajstić information content (AvgIpc) is 1.62. The van der Waals surface area contributed by atoms with E-state index in [1.807, 2.05) is 0 Å². The van der Waals surface area contributed by atoms with Crippen LogP contribution in [0.15, 0.2) is 11.5 Å². The third-order valence-electron chi connectivity index (χ3n) is 0.722. The van der Waals surface area contributed by atoms with Crippen molar-refractivity contribution in [3.63, 3.8) is 0 Å². The van der Waals surface area contributed by atoms with E-state index in [4.69, 9.17) is 0 Å². The van der Waals surface area contributed by atoms with E-state index in [0.717, 1.165) is 6.26 Å². The number of rotatable bonds is 2. The normalized spacial score (nSPS) is 10.8. The summed E-state index contributed by atoms with van der Waals surface area (Å²) < 4.78 is 20.7. The molecule has 0 rings (SSSR count). The Morgan fingerprint density at radius 1 is 1.56 bits per heavy atom. The van der Waals surface area contributed by atoms with Gasteiger partial charge < -0.3 is 5.73 Å². The van der Waals surface area contributed by atoms with Gasteiger partial charge in [0.1, 0.15) is 4.91 Å². The van der Waals surface area contributed by atoms with E-state index in [-0.39, 0.29) is 0 Å². The first-order valence-corrected chi connectivity index (χ1v) is 3.93. The topological polar surface area (TPSA) is 77.2 Å². The Labute approximate surface area is 53.3 Å². The number of sulfone groups is 1. The van der Waals surface area contributed by atoms with E-state index in [1.165, 1.54) is 0 Å². The molecule has 0 aromatic rings. The smallest absolute Gasteiger partial charge is 0.259 e. The van der Waals surface area contributed by atoms with Gasteiger partial charge in [0.15, 0.2) is 9.84 Å². The van der Waals surface area contributed by atoms with Crippen LogP contribution >= 0.6 is 0 Å². The van der Waals surface area contributed by atoms with Crippen LogP contribution in [0.5, 0.6) is 0 Å². The zero-order valence-corrected chi connectivity index (χ0v) is 5.73. The Morgan fingerprint density at radius 3 is 1.89 bits per heavy atom. The summed E-state index contributed by atoms with van der Waals surface area (Å²) in [5.74, 6) is -1.00. The lowest BCUT2D eigenvalue weighted by molar-refractivity contribution is -0.113. The molecule has 0 atom stereocenters. The first-order valence-electron chi connectivity index (χ1n) is 2.04. The molecule has 1 amide bonds. The molecule has 4 nitrogen and oxygen atoms in total. The van der Waals surface area contributed by atoms with Crippen molar-refractivity contribution in [3.8, 4) is 0 Å². The lowest BCUT2D eigenvalue weighted by atomic mass is 10.6. The SMILES string of the molecule is C=C(C(N)=O)S(C)(=O)=O. The number of amides is 1. The van der Waals surface area contributed by atoms with Crippen molar-refractivity contribution in [3.05, 3.63) is 11.5 Å². The fraction of sp³-hybridized carbons (Fsp3) is 0.250. The van der Waals surface area contributed by atoms with Gasteiger partial charge in [0.05, 0.1) is 0 Å². The molecule has 0 aliphatic rings. The minimum absolute atomic E-state index is 0.553. The second-order valence-electron chi connectivity index (χ2n) is 1.56. The van der Waals surface area contributed by atoms with Crippen LogP contribution in [0.3, 0.4) is 0 Å². The fourth-order valence-electron chi connectivity index (χ4n) is 0.183. The second-order valence-corrected chi connectivity index (χ2v) is 3.60. The highest BCUT2D eigenvalue weighted by molar-refractivity contribution is 7.95. The highest BCUT2D eigenvalue weighted by atomic mass is 32.2. The van der Waals surface area contributed by atoms with Crippen molar-refractivity contribution in [1.29, 1.82) is 0 Å². The average molecular weight is 149 g/mol. The first-order chi connectivity index (χ1) is 3.85. The van der Waals surface area contributed by atoms with E-state index in [2.05, 4.69) is 12.3 Å². The standard InChI is InChI=1S/C4H7NO3S/c1-3(4(5)6)9(2,7)8/h1H2,2H3,(H2,5,6). The van der Waals surface area contributed by atoms with Crippen molar-refractivity contribution in [1.82, 2.24) is 0 Å². The highest BCUT2D eigenvalue weighted by Crippen LogP contribution is 1.97. The van der Waals surface area contributed by atoms with Gasteiger partial charge in [-0.15, -0.1) is 0 Å². The maximum Gasteiger partial charge on any atom is 0.259 e. The zero-order chi connectivity index (χ0) is 7.65. The number of hydrogen-bond acceptors (Lipinski definition) is 3. The summed E-state index contributed by atoms with van der Waals surface area (Å²) in [6, 6.07) is 0. The number of primary amides is 1. The van der Waals surface area contributed by atoms with Gasteiger partial charge in [-0.3, -0.25) is 4.79 Å². The molecule has 2 N–H and O–H groups in total. The highest BCUT2D eigenvalue weighted by Gasteiger charge is 2.12. The minimum atomic E-state index is -3.47. The summed E-state index contributed by atoms with van der Waals surface area (Å²) in [7, 11) is -3.47. The second kappa shape index (κ2) is 2.18. The van der Waals surface area contributed by atoms with Crippen LogP contribution in [0.4, 0.5) is 0 Å². The van der Waals surface area contributed by atoms with Crippen LogP contribution in [-0.2, 0) is 14.6 Å². The van der Waals surface area contributed by atoms with Gasteiger partial charge in [-0.25, -0.2) is 8.42 Å². The zero-order valence-electron chi connectivity index (χ0n) is 4.92. The molecule has 0 heterocycles. The molecule has 52 valence electrons. The molecule has 0 spiro atoms. The molecule has 0 aliphatic heterocycles. The minimum Gasteiger partial charge on any atom is -0.365 e. The van der Waals surface area contributed by atoms with Crippen molar-refractivity contribution in [2.75, 3.05) is 6.26 Å². The van der Waals surface area contributed by atoms with Crippen molar-refractivity contribution >= 4 is 15.7 Å². The van der Waals surface area contributed by atoms with Crippen molar-refractivity contribution in [2.45, 2.75) is 0 Å². The molecular formula is C4H7NO3S. The van der Waals surface area contributed by atoms with Crippen LogP contribution in [0, 0.1) is 0 Å². The van der Waals surface area contributed by atoms with Crippen LogP contribution < -0.4 is 5.73 Å². The Hall–Kier alpha value is -0.840. The lowest BCUT2D eigenvalue weighted by Crippen LogP contribution is -2.18. The molecule has 0 radical (unpaired) electrons. The van der Waals surface area contributed by atoms with Crippen LogP contribution in [0.1, 0.15) is 0 Å². The monoisotopic (exact) mass is 149 g/mol. The maximum absolute atomic E-state index is 10.4.